The van der Waals surface area contributed by atoms with E-state index in [1.807, 2.05) is 6.92 Å². The first-order chi connectivity index (χ1) is 10.4. The topological polar surface area (TPSA) is 56.2 Å². The SMILES string of the molecule is C[C@H]1Cn2c(cc(OCc3cc(F)c(F)c(F)c3)nc2=O)N1. The van der Waals surface area contributed by atoms with Gasteiger partial charge < -0.3 is 10.1 Å². The number of nitrogens with one attached hydrogen (secondary N) is 1. The van der Waals surface area contributed by atoms with Crippen LogP contribution in [0.15, 0.2) is 23.0 Å². The van der Waals surface area contributed by atoms with Gasteiger partial charge in [0.2, 0.25) is 5.88 Å². The molecule has 1 aromatic heterocycles. The molecule has 0 saturated carbocycles. The summed E-state index contributed by atoms with van der Waals surface area (Å²) in [7, 11) is 0. The predicted octanol–water partition coefficient (Wildman–Crippen LogP) is 2.05. The van der Waals surface area contributed by atoms with Crippen molar-refractivity contribution < 1.29 is 17.9 Å². The van der Waals surface area contributed by atoms with Gasteiger partial charge in [0.15, 0.2) is 17.5 Å². The minimum absolute atomic E-state index is 0.0305. The van der Waals surface area contributed by atoms with Crippen molar-refractivity contribution in [3.63, 3.8) is 0 Å². The second-order valence-corrected chi connectivity index (χ2v) is 5.08. The Kier molecular flexibility index (Phi) is 3.51. The predicted molar refractivity (Wildman–Crippen MR) is 72.2 cm³/mol. The largest absolute Gasteiger partial charge is 0.473 e. The number of ether oxygens (including phenoxy) is 1. The van der Waals surface area contributed by atoms with Crippen LogP contribution in [-0.2, 0) is 13.2 Å². The van der Waals surface area contributed by atoms with E-state index in [0.717, 1.165) is 12.1 Å². The number of halogens is 3. The molecule has 0 bridgehead atoms. The van der Waals surface area contributed by atoms with E-state index >= 15 is 0 Å². The maximum atomic E-state index is 13.1. The van der Waals surface area contributed by atoms with Crippen LogP contribution < -0.4 is 15.7 Å². The third kappa shape index (κ3) is 2.63. The number of hydrogen-bond acceptors (Lipinski definition) is 4. The lowest BCUT2D eigenvalue weighted by molar-refractivity contribution is 0.289. The molecule has 1 N–H and O–H groups in total. The Morgan fingerprint density at radius 2 is 2.00 bits per heavy atom. The summed E-state index contributed by atoms with van der Waals surface area (Å²) in [5.74, 6) is -3.52. The Morgan fingerprint density at radius 3 is 2.68 bits per heavy atom. The lowest BCUT2D eigenvalue weighted by Crippen LogP contribution is -2.22. The van der Waals surface area contributed by atoms with Crippen molar-refractivity contribution in [3.8, 4) is 5.88 Å². The standard InChI is InChI=1S/C14H12F3N3O2/c1-7-5-20-11(18-7)4-12(19-14(20)21)22-6-8-2-9(15)13(17)10(16)3-8/h2-4,7,18H,5-6H2,1H3/t7-/m0/s1. The van der Waals surface area contributed by atoms with Crippen LogP contribution in [0.5, 0.6) is 5.88 Å². The van der Waals surface area contributed by atoms with Crippen molar-refractivity contribution in [3.05, 3.63) is 51.7 Å². The second kappa shape index (κ2) is 5.36. The van der Waals surface area contributed by atoms with Gasteiger partial charge in [0.1, 0.15) is 12.4 Å². The highest BCUT2D eigenvalue weighted by Crippen LogP contribution is 2.20. The van der Waals surface area contributed by atoms with Crippen LogP contribution in [0.25, 0.3) is 0 Å². The first kappa shape index (κ1) is 14.4. The summed E-state index contributed by atoms with van der Waals surface area (Å²) < 4.78 is 45.8. The molecule has 0 saturated heterocycles. The number of anilines is 1. The van der Waals surface area contributed by atoms with Gasteiger partial charge in [-0.2, -0.15) is 4.98 Å². The molecule has 1 aromatic carbocycles. The molecule has 0 aliphatic carbocycles. The van der Waals surface area contributed by atoms with Crippen LogP contribution in [0, 0.1) is 17.5 Å². The molecule has 1 aliphatic heterocycles. The van der Waals surface area contributed by atoms with Crippen LogP contribution in [0.3, 0.4) is 0 Å². The molecule has 22 heavy (non-hydrogen) atoms. The van der Waals surface area contributed by atoms with E-state index in [1.165, 1.54) is 10.6 Å². The Balaban J connectivity index is 1.79. The molecule has 1 aliphatic rings. The number of fused-ring (bicyclic) bond motifs is 1. The summed E-state index contributed by atoms with van der Waals surface area (Å²) >= 11 is 0. The number of aromatic nitrogens is 2. The van der Waals surface area contributed by atoms with Crippen LogP contribution >= 0.6 is 0 Å². The van der Waals surface area contributed by atoms with E-state index in [9.17, 15) is 18.0 Å². The average Bonchev–Trinajstić information content (AvgIpc) is 2.83. The number of rotatable bonds is 3. The molecule has 0 spiro atoms. The zero-order valence-electron chi connectivity index (χ0n) is 11.6. The molecular formula is C14H12F3N3O2. The summed E-state index contributed by atoms with van der Waals surface area (Å²) in [6.07, 6.45) is 0. The number of hydrogen-bond donors (Lipinski definition) is 1. The van der Waals surface area contributed by atoms with Crippen molar-refractivity contribution in [1.29, 1.82) is 0 Å². The molecule has 3 rings (SSSR count). The molecule has 0 radical (unpaired) electrons. The normalized spacial score (nSPS) is 16.3. The minimum Gasteiger partial charge on any atom is -0.473 e. The minimum atomic E-state index is -1.53. The molecule has 1 atom stereocenters. The highest BCUT2D eigenvalue weighted by molar-refractivity contribution is 5.42. The molecule has 2 aromatic rings. The van der Waals surface area contributed by atoms with Crippen molar-refractivity contribution in [1.82, 2.24) is 9.55 Å². The van der Waals surface area contributed by atoms with Gasteiger partial charge in [-0.1, -0.05) is 0 Å². The summed E-state index contributed by atoms with van der Waals surface area (Å²) in [4.78, 5) is 15.5. The summed E-state index contributed by atoms with van der Waals surface area (Å²) in [5.41, 5.74) is -0.374. The fourth-order valence-corrected chi connectivity index (χ4v) is 2.28. The quantitative estimate of drug-likeness (QED) is 0.882. The molecule has 2 heterocycles. The molecule has 0 amide bonds. The molecule has 5 nitrogen and oxygen atoms in total. The van der Waals surface area contributed by atoms with Crippen molar-refractivity contribution in [2.45, 2.75) is 26.1 Å². The second-order valence-electron chi connectivity index (χ2n) is 5.08. The van der Waals surface area contributed by atoms with E-state index in [4.69, 9.17) is 4.74 Å². The highest BCUT2D eigenvalue weighted by atomic mass is 19.2. The first-order valence-corrected chi connectivity index (χ1v) is 6.58. The number of nitrogens with zero attached hydrogens (tertiary/aromatic N) is 2. The maximum Gasteiger partial charge on any atom is 0.352 e. The fraction of sp³-hybridized carbons (Fsp3) is 0.286. The Bertz CT molecular complexity index is 768. The molecule has 0 fully saturated rings. The maximum absolute atomic E-state index is 13.1. The Labute approximate surface area is 123 Å². The highest BCUT2D eigenvalue weighted by Gasteiger charge is 2.19. The average molecular weight is 311 g/mol. The Morgan fingerprint density at radius 1 is 1.32 bits per heavy atom. The van der Waals surface area contributed by atoms with Crippen LogP contribution in [0.4, 0.5) is 19.0 Å². The summed E-state index contributed by atoms with van der Waals surface area (Å²) in [6, 6.07) is 3.30. The fourth-order valence-electron chi connectivity index (χ4n) is 2.28. The van der Waals surface area contributed by atoms with E-state index in [2.05, 4.69) is 10.3 Å². The van der Waals surface area contributed by atoms with E-state index in [0.29, 0.717) is 12.4 Å². The van der Waals surface area contributed by atoms with Crippen molar-refractivity contribution in [2.75, 3.05) is 5.32 Å². The van der Waals surface area contributed by atoms with Crippen molar-refractivity contribution in [2.24, 2.45) is 0 Å². The van der Waals surface area contributed by atoms with Gasteiger partial charge >= 0.3 is 5.69 Å². The van der Waals surface area contributed by atoms with Crippen molar-refractivity contribution >= 4 is 5.82 Å². The molecular weight excluding hydrogens is 299 g/mol. The zero-order chi connectivity index (χ0) is 15.9. The van der Waals surface area contributed by atoms with Gasteiger partial charge in [0.25, 0.3) is 0 Å². The van der Waals surface area contributed by atoms with Crippen LogP contribution in [0.2, 0.25) is 0 Å². The van der Waals surface area contributed by atoms with E-state index in [-0.39, 0.29) is 24.1 Å². The molecule has 116 valence electrons. The number of benzene rings is 1. The van der Waals surface area contributed by atoms with Crippen LogP contribution in [-0.4, -0.2) is 15.6 Å². The first-order valence-electron chi connectivity index (χ1n) is 6.58. The van der Waals surface area contributed by atoms with Gasteiger partial charge in [-0.25, -0.2) is 18.0 Å². The van der Waals surface area contributed by atoms with Gasteiger partial charge in [-0.15, -0.1) is 0 Å². The van der Waals surface area contributed by atoms with E-state index < -0.39 is 23.1 Å². The third-order valence-corrected chi connectivity index (χ3v) is 3.27. The summed E-state index contributed by atoms with van der Waals surface area (Å²) in [5, 5.41) is 3.08. The monoisotopic (exact) mass is 311 g/mol. The van der Waals surface area contributed by atoms with Crippen LogP contribution in [0.1, 0.15) is 12.5 Å². The van der Waals surface area contributed by atoms with E-state index in [1.54, 1.807) is 0 Å². The molecule has 8 heteroatoms. The van der Waals surface area contributed by atoms with Gasteiger partial charge in [0, 0.05) is 18.7 Å². The lowest BCUT2D eigenvalue weighted by atomic mass is 10.2. The van der Waals surface area contributed by atoms with Gasteiger partial charge in [-0.05, 0) is 24.6 Å². The summed E-state index contributed by atoms with van der Waals surface area (Å²) in [6.45, 7) is 2.19. The van der Waals surface area contributed by atoms with Gasteiger partial charge in [0.05, 0.1) is 0 Å². The lowest BCUT2D eigenvalue weighted by Gasteiger charge is -2.08. The zero-order valence-corrected chi connectivity index (χ0v) is 11.6. The Hall–Kier alpha value is -2.51. The third-order valence-electron chi connectivity index (χ3n) is 3.27. The molecule has 0 unspecified atom stereocenters. The smallest absolute Gasteiger partial charge is 0.352 e. The van der Waals surface area contributed by atoms with Gasteiger partial charge in [-0.3, -0.25) is 4.57 Å².